The van der Waals surface area contributed by atoms with Crippen molar-refractivity contribution >= 4 is 17.3 Å². The number of benzene rings is 2. The van der Waals surface area contributed by atoms with Gasteiger partial charge in [0.25, 0.3) is 0 Å². The highest BCUT2D eigenvalue weighted by molar-refractivity contribution is 6.33. The van der Waals surface area contributed by atoms with Crippen molar-refractivity contribution in [2.45, 2.75) is 13.5 Å². The topological polar surface area (TPSA) is 35.2 Å². The summed E-state index contributed by atoms with van der Waals surface area (Å²) in [4.78, 5) is 0. The van der Waals surface area contributed by atoms with E-state index in [9.17, 15) is 0 Å². The molecule has 0 aromatic heterocycles. The van der Waals surface area contributed by atoms with E-state index in [1.54, 1.807) is 6.07 Å². The van der Waals surface area contributed by atoms with Crippen molar-refractivity contribution in [3.63, 3.8) is 0 Å². The van der Waals surface area contributed by atoms with Gasteiger partial charge >= 0.3 is 0 Å². The lowest BCUT2D eigenvalue weighted by atomic mass is 10.2. The van der Waals surface area contributed by atoms with Crippen LogP contribution in [0.1, 0.15) is 11.1 Å². The third kappa shape index (κ3) is 2.92. The third-order valence-electron chi connectivity index (χ3n) is 2.53. The van der Waals surface area contributed by atoms with E-state index in [4.69, 9.17) is 22.1 Å². The van der Waals surface area contributed by atoms with E-state index in [-0.39, 0.29) is 0 Å². The summed E-state index contributed by atoms with van der Waals surface area (Å²) in [5.74, 6) is 0.771. The maximum Gasteiger partial charge on any atom is 0.124 e. The van der Waals surface area contributed by atoms with Crippen LogP contribution in [0.4, 0.5) is 5.69 Å². The third-order valence-corrected chi connectivity index (χ3v) is 2.86. The number of ether oxygens (including phenoxy) is 1. The second kappa shape index (κ2) is 5.11. The molecule has 0 saturated carbocycles. The fourth-order valence-electron chi connectivity index (χ4n) is 1.58. The van der Waals surface area contributed by atoms with Crippen LogP contribution in [0.5, 0.6) is 5.75 Å². The van der Waals surface area contributed by atoms with Gasteiger partial charge in [0.15, 0.2) is 0 Å². The maximum atomic E-state index is 5.96. The largest absolute Gasteiger partial charge is 0.489 e. The Morgan fingerprint density at radius 1 is 1.18 bits per heavy atom. The molecule has 88 valence electrons. The van der Waals surface area contributed by atoms with E-state index in [1.807, 2.05) is 43.3 Å². The molecule has 0 spiro atoms. The van der Waals surface area contributed by atoms with Crippen molar-refractivity contribution in [3.05, 3.63) is 58.6 Å². The van der Waals surface area contributed by atoms with Gasteiger partial charge < -0.3 is 10.5 Å². The van der Waals surface area contributed by atoms with Crippen LogP contribution in [-0.2, 0) is 6.61 Å². The highest BCUT2D eigenvalue weighted by atomic mass is 35.5. The molecule has 0 radical (unpaired) electrons. The van der Waals surface area contributed by atoms with Crippen molar-refractivity contribution < 1.29 is 4.74 Å². The minimum Gasteiger partial charge on any atom is -0.489 e. The number of hydrogen-bond acceptors (Lipinski definition) is 2. The first-order valence-electron chi connectivity index (χ1n) is 5.39. The number of halogens is 1. The summed E-state index contributed by atoms with van der Waals surface area (Å²) >= 11 is 5.96. The molecule has 0 unspecified atom stereocenters. The van der Waals surface area contributed by atoms with Gasteiger partial charge in [-0.25, -0.2) is 0 Å². The van der Waals surface area contributed by atoms with Crippen molar-refractivity contribution in [2.24, 2.45) is 0 Å². The Bertz CT molecular complexity index is 511. The minimum atomic E-state index is 0.527. The Kier molecular flexibility index (Phi) is 3.55. The van der Waals surface area contributed by atoms with Crippen molar-refractivity contribution in [3.8, 4) is 5.75 Å². The molecular weight excluding hydrogens is 234 g/mol. The first-order chi connectivity index (χ1) is 8.16. The lowest BCUT2D eigenvalue weighted by molar-refractivity contribution is 0.304. The number of rotatable bonds is 3. The zero-order chi connectivity index (χ0) is 12.3. The van der Waals surface area contributed by atoms with E-state index in [2.05, 4.69) is 0 Å². The fraction of sp³-hybridized carbons (Fsp3) is 0.143. The summed E-state index contributed by atoms with van der Waals surface area (Å²) in [5, 5.41) is 0.527. The monoisotopic (exact) mass is 247 g/mol. The van der Waals surface area contributed by atoms with Gasteiger partial charge in [-0.05, 0) is 24.1 Å². The van der Waals surface area contributed by atoms with Crippen LogP contribution in [0, 0.1) is 6.92 Å². The zero-order valence-corrected chi connectivity index (χ0v) is 10.4. The number of nitrogens with two attached hydrogens (primary N) is 1. The molecule has 0 saturated heterocycles. The molecule has 2 N–H and O–H groups in total. The first-order valence-corrected chi connectivity index (χ1v) is 5.77. The van der Waals surface area contributed by atoms with E-state index in [1.165, 1.54) is 0 Å². The molecule has 0 aliphatic rings. The van der Waals surface area contributed by atoms with Crippen molar-refractivity contribution in [1.29, 1.82) is 0 Å². The molecule has 0 aliphatic heterocycles. The number of anilines is 1. The molecular formula is C14H14ClNO. The summed E-state index contributed by atoms with van der Waals surface area (Å²) < 4.78 is 5.72. The molecule has 2 aromatic carbocycles. The summed E-state index contributed by atoms with van der Waals surface area (Å²) in [7, 11) is 0. The molecule has 2 nitrogen and oxygen atoms in total. The average Bonchev–Trinajstić information content (AvgIpc) is 2.33. The highest BCUT2D eigenvalue weighted by Gasteiger charge is 2.04. The SMILES string of the molecule is Cc1cc(N)c(Cl)cc1OCc1ccccc1. The predicted molar refractivity (Wildman–Crippen MR) is 71.4 cm³/mol. The second-order valence-electron chi connectivity index (χ2n) is 3.91. The summed E-state index contributed by atoms with van der Waals surface area (Å²) in [6.45, 7) is 2.48. The molecule has 0 aliphatic carbocycles. The molecule has 0 amide bonds. The fourth-order valence-corrected chi connectivity index (χ4v) is 1.73. The molecule has 0 bridgehead atoms. The Hall–Kier alpha value is -1.67. The molecule has 17 heavy (non-hydrogen) atoms. The van der Waals surface area contributed by atoms with Gasteiger partial charge in [0.1, 0.15) is 12.4 Å². The van der Waals surface area contributed by atoms with Gasteiger partial charge in [-0.15, -0.1) is 0 Å². The predicted octanol–water partition coefficient (Wildman–Crippen LogP) is 3.81. The van der Waals surface area contributed by atoms with E-state index in [0.29, 0.717) is 17.3 Å². The van der Waals surface area contributed by atoms with Gasteiger partial charge in [0.05, 0.1) is 10.7 Å². The van der Waals surface area contributed by atoms with Crippen LogP contribution in [0.3, 0.4) is 0 Å². The van der Waals surface area contributed by atoms with Crippen molar-refractivity contribution in [1.82, 2.24) is 0 Å². The highest BCUT2D eigenvalue weighted by Crippen LogP contribution is 2.28. The van der Waals surface area contributed by atoms with E-state index < -0.39 is 0 Å². The first kappa shape index (κ1) is 11.8. The Morgan fingerprint density at radius 2 is 1.88 bits per heavy atom. The van der Waals surface area contributed by atoms with E-state index >= 15 is 0 Å². The number of nitrogen functional groups attached to an aromatic ring is 1. The Labute approximate surface area is 106 Å². The number of aryl methyl sites for hydroxylation is 1. The maximum absolute atomic E-state index is 5.96. The average molecular weight is 248 g/mol. The van der Waals surface area contributed by atoms with Gasteiger partial charge in [-0.3, -0.25) is 0 Å². The standard InChI is InChI=1S/C14H14ClNO/c1-10-7-13(16)12(15)8-14(10)17-9-11-5-3-2-4-6-11/h2-8H,9,16H2,1H3. The lowest BCUT2D eigenvalue weighted by Crippen LogP contribution is -1.98. The molecule has 2 rings (SSSR count). The summed E-state index contributed by atoms with van der Waals surface area (Å²) in [6, 6.07) is 13.6. The lowest BCUT2D eigenvalue weighted by Gasteiger charge is -2.10. The van der Waals surface area contributed by atoms with Gasteiger partial charge in [0, 0.05) is 6.07 Å². The van der Waals surface area contributed by atoms with Crippen LogP contribution in [0.15, 0.2) is 42.5 Å². The Balaban J connectivity index is 2.12. The molecule has 0 atom stereocenters. The van der Waals surface area contributed by atoms with E-state index in [0.717, 1.165) is 16.9 Å². The minimum absolute atomic E-state index is 0.527. The molecule has 0 heterocycles. The normalized spacial score (nSPS) is 10.2. The molecule has 0 fully saturated rings. The second-order valence-corrected chi connectivity index (χ2v) is 4.32. The van der Waals surface area contributed by atoms with Crippen LogP contribution < -0.4 is 10.5 Å². The molecule has 2 aromatic rings. The van der Waals surface area contributed by atoms with Gasteiger partial charge in [0.2, 0.25) is 0 Å². The van der Waals surface area contributed by atoms with Gasteiger partial charge in [-0.1, -0.05) is 41.9 Å². The van der Waals surface area contributed by atoms with Crippen molar-refractivity contribution in [2.75, 3.05) is 5.73 Å². The van der Waals surface area contributed by atoms with Crippen LogP contribution in [0.2, 0.25) is 5.02 Å². The van der Waals surface area contributed by atoms with Crippen LogP contribution >= 0.6 is 11.6 Å². The summed E-state index contributed by atoms with van der Waals surface area (Å²) in [6.07, 6.45) is 0. The number of hydrogen-bond donors (Lipinski definition) is 1. The van der Waals surface area contributed by atoms with Gasteiger partial charge in [-0.2, -0.15) is 0 Å². The zero-order valence-electron chi connectivity index (χ0n) is 9.61. The smallest absolute Gasteiger partial charge is 0.124 e. The Morgan fingerprint density at radius 3 is 2.59 bits per heavy atom. The molecule has 3 heteroatoms. The van der Waals surface area contributed by atoms with Crippen LogP contribution in [0.25, 0.3) is 0 Å². The summed E-state index contributed by atoms with van der Waals surface area (Å²) in [5.41, 5.74) is 8.40. The van der Waals surface area contributed by atoms with Crippen LogP contribution in [-0.4, -0.2) is 0 Å². The quantitative estimate of drug-likeness (QED) is 0.837.